The molecule has 5 heteroatoms. The van der Waals surface area contributed by atoms with E-state index in [1.807, 2.05) is 12.1 Å². The average Bonchev–Trinajstić information content (AvgIpc) is 2.58. The summed E-state index contributed by atoms with van der Waals surface area (Å²) in [5, 5.41) is 3.34. The van der Waals surface area contributed by atoms with Gasteiger partial charge in [-0.25, -0.2) is 0 Å². The Hall–Kier alpha value is 0.120. The van der Waals surface area contributed by atoms with Crippen molar-refractivity contribution in [3.63, 3.8) is 0 Å². The zero-order valence-electron chi connectivity index (χ0n) is 8.96. The van der Waals surface area contributed by atoms with Gasteiger partial charge in [-0.3, -0.25) is 4.21 Å². The molecule has 0 aliphatic carbocycles. The second-order valence-electron chi connectivity index (χ2n) is 3.55. The van der Waals surface area contributed by atoms with Crippen LogP contribution in [0.4, 0.5) is 0 Å². The van der Waals surface area contributed by atoms with Gasteiger partial charge >= 0.3 is 0 Å². The Bertz CT molecular complexity index is 327. The van der Waals surface area contributed by atoms with E-state index in [0.717, 1.165) is 28.2 Å². The topological polar surface area (TPSA) is 42.2 Å². The summed E-state index contributed by atoms with van der Waals surface area (Å²) in [7, 11) is -0.695. The molecule has 3 nitrogen and oxygen atoms in total. The SMILES string of the molecule is CC(CCS(C)=O)NCc1ccc(I)o1. The van der Waals surface area contributed by atoms with Gasteiger partial charge in [0, 0.05) is 28.9 Å². The molecule has 0 saturated heterocycles. The van der Waals surface area contributed by atoms with Crippen LogP contribution in [0.15, 0.2) is 16.5 Å². The van der Waals surface area contributed by atoms with Crippen molar-refractivity contribution < 1.29 is 8.63 Å². The van der Waals surface area contributed by atoms with Gasteiger partial charge in [-0.15, -0.1) is 0 Å². The first-order valence-corrected chi connectivity index (χ1v) is 7.66. The zero-order valence-corrected chi connectivity index (χ0v) is 11.9. The summed E-state index contributed by atoms with van der Waals surface area (Å²) in [4.78, 5) is 0. The minimum Gasteiger partial charge on any atom is -0.454 e. The molecular weight excluding hydrogens is 325 g/mol. The largest absolute Gasteiger partial charge is 0.454 e. The Balaban J connectivity index is 2.22. The summed E-state index contributed by atoms with van der Waals surface area (Å²) in [6.07, 6.45) is 2.67. The molecule has 2 atom stereocenters. The van der Waals surface area contributed by atoms with Crippen LogP contribution in [0.25, 0.3) is 0 Å². The Kier molecular flexibility index (Phi) is 5.84. The normalized spacial score (nSPS) is 15.1. The third-order valence-electron chi connectivity index (χ3n) is 2.09. The van der Waals surface area contributed by atoms with Crippen molar-refractivity contribution in [3.8, 4) is 0 Å². The highest BCUT2D eigenvalue weighted by Crippen LogP contribution is 2.09. The molecule has 0 radical (unpaired) electrons. The van der Waals surface area contributed by atoms with E-state index in [4.69, 9.17) is 4.42 Å². The van der Waals surface area contributed by atoms with Crippen LogP contribution in [0, 0.1) is 3.77 Å². The van der Waals surface area contributed by atoms with E-state index in [2.05, 4.69) is 34.8 Å². The van der Waals surface area contributed by atoms with Crippen LogP contribution in [0.5, 0.6) is 0 Å². The highest BCUT2D eigenvalue weighted by molar-refractivity contribution is 14.1. The smallest absolute Gasteiger partial charge is 0.164 e. The number of hydrogen-bond acceptors (Lipinski definition) is 3. The number of rotatable bonds is 6. The van der Waals surface area contributed by atoms with Crippen LogP contribution >= 0.6 is 22.6 Å². The van der Waals surface area contributed by atoms with Gasteiger partial charge in [0.15, 0.2) is 3.77 Å². The van der Waals surface area contributed by atoms with E-state index in [1.54, 1.807) is 6.26 Å². The predicted molar refractivity (Wildman–Crippen MR) is 71.3 cm³/mol. The molecule has 15 heavy (non-hydrogen) atoms. The first-order chi connectivity index (χ1) is 7.08. The second kappa shape index (κ2) is 6.65. The van der Waals surface area contributed by atoms with Crippen molar-refractivity contribution in [2.24, 2.45) is 0 Å². The molecular formula is C10H16INO2S. The molecule has 0 aliphatic rings. The number of nitrogens with one attached hydrogen (secondary N) is 1. The lowest BCUT2D eigenvalue weighted by Gasteiger charge is -2.11. The van der Waals surface area contributed by atoms with Gasteiger partial charge in [0.25, 0.3) is 0 Å². The maximum Gasteiger partial charge on any atom is 0.164 e. The van der Waals surface area contributed by atoms with Crippen molar-refractivity contribution in [3.05, 3.63) is 21.7 Å². The van der Waals surface area contributed by atoms with Crippen LogP contribution in [0.1, 0.15) is 19.1 Å². The third kappa shape index (κ3) is 5.67. The fourth-order valence-corrected chi connectivity index (χ4v) is 2.31. The fraction of sp³-hybridized carbons (Fsp3) is 0.600. The highest BCUT2D eigenvalue weighted by Gasteiger charge is 2.04. The van der Waals surface area contributed by atoms with Crippen LogP contribution < -0.4 is 5.32 Å². The summed E-state index contributed by atoms with van der Waals surface area (Å²) in [5.41, 5.74) is 0. The lowest BCUT2D eigenvalue weighted by molar-refractivity contribution is 0.437. The number of halogens is 1. The minimum absolute atomic E-state index is 0.372. The number of hydrogen-bond donors (Lipinski definition) is 1. The molecule has 2 unspecified atom stereocenters. The van der Waals surface area contributed by atoms with E-state index in [1.165, 1.54) is 0 Å². The van der Waals surface area contributed by atoms with Crippen LogP contribution in [0.2, 0.25) is 0 Å². The predicted octanol–water partition coefficient (Wildman–Crippen LogP) is 2.13. The Labute approximate surface area is 107 Å². The van der Waals surface area contributed by atoms with Gasteiger partial charge in [0.05, 0.1) is 6.54 Å². The summed E-state index contributed by atoms with van der Waals surface area (Å²) < 4.78 is 17.2. The first-order valence-electron chi connectivity index (χ1n) is 4.85. The highest BCUT2D eigenvalue weighted by atomic mass is 127. The van der Waals surface area contributed by atoms with Crippen molar-refractivity contribution in [2.75, 3.05) is 12.0 Å². The molecule has 1 heterocycles. The van der Waals surface area contributed by atoms with E-state index < -0.39 is 10.8 Å². The standard InChI is InChI=1S/C10H16INO2S/c1-8(5-6-15(2)13)12-7-9-3-4-10(11)14-9/h3-4,8,12H,5-7H2,1-2H3. The van der Waals surface area contributed by atoms with Crippen LogP contribution in [-0.4, -0.2) is 22.3 Å². The summed E-state index contributed by atoms with van der Waals surface area (Å²) >= 11 is 2.15. The average molecular weight is 341 g/mol. The van der Waals surface area contributed by atoms with Gasteiger partial charge in [-0.1, -0.05) is 0 Å². The Morgan fingerprint density at radius 1 is 1.60 bits per heavy atom. The molecule has 0 saturated carbocycles. The van der Waals surface area contributed by atoms with Crippen LogP contribution in [0.3, 0.4) is 0 Å². The monoisotopic (exact) mass is 341 g/mol. The van der Waals surface area contributed by atoms with Gasteiger partial charge in [0.1, 0.15) is 5.76 Å². The van der Waals surface area contributed by atoms with E-state index in [0.29, 0.717) is 6.04 Å². The van der Waals surface area contributed by atoms with Crippen molar-refractivity contribution >= 4 is 33.4 Å². The molecule has 86 valence electrons. The Morgan fingerprint density at radius 2 is 2.33 bits per heavy atom. The maximum absolute atomic E-state index is 10.9. The molecule has 0 bridgehead atoms. The molecule has 1 aromatic rings. The van der Waals surface area contributed by atoms with Crippen molar-refractivity contribution in [1.82, 2.24) is 5.32 Å². The van der Waals surface area contributed by atoms with E-state index in [-0.39, 0.29) is 0 Å². The fourth-order valence-electron chi connectivity index (χ4n) is 1.17. The van der Waals surface area contributed by atoms with Gasteiger partial charge in [-0.05, 0) is 48.1 Å². The quantitative estimate of drug-likeness (QED) is 0.806. The lowest BCUT2D eigenvalue weighted by Crippen LogP contribution is -2.26. The van der Waals surface area contributed by atoms with Crippen LogP contribution in [-0.2, 0) is 17.3 Å². The van der Waals surface area contributed by atoms with Gasteiger partial charge < -0.3 is 9.73 Å². The van der Waals surface area contributed by atoms with E-state index in [9.17, 15) is 4.21 Å². The molecule has 0 amide bonds. The minimum atomic E-state index is -0.695. The molecule has 0 spiro atoms. The second-order valence-corrected chi connectivity index (χ2v) is 6.17. The van der Waals surface area contributed by atoms with Gasteiger partial charge in [0.2, 0.25) is 0 Å². The summed E-state index contributed by atoms with van der Waals surface area (Å²) in [6.45, 7) is 2.83. The third-order valence-corrected chi connectivity index (χ3v) is 3.48. The number of furan rings is 1. The molecule has 0 fully saturated rings. The Morgan fingerprint density at radius 3 is 2.87 bits per heavy atom. The van der Waals surface area contributed by atoms with Gasteiger partial charge in [-0.2, -0.15) is 0 Å². The molecule has 1 aromatic heterocycles. The van der Waals surface area contributed by atoms with Crippen molar-refractivity contribution in [2.45, 2.75) is 25.9 Å². The summed E-state index contributed by atoms with van der Waals surface area (Å²) in [6, 6.07) is 4.29. The lowest BCUT2D eigenvalue weighted by atomic mass is 10.2. The molecule has 1 N–H and O–H groups in total. The first kappa shape index (κ1) is 13.2. The zero-order chi connectivity index (χ0) is 11.3. The van der Waals surface area contributed by atoms with Crippen molar-refractivity contribution in [1.29, 1.82) is 0 Å². The maximum atomic E-state index is 10.9. The molecule has 0 aliphatic heterocycles. The molecule has 0 aromatic carbocycles. The summed E-state index contributed by atoms with van der Waals surface area (Å²) in [5.74, 6) is 1.70. The molecule has 1 rings (SSSR count). The van der Waals surface area contributed by atoms with E-state index >= 15 is 0 Å².